The van der Waals surface area contributed by atoms with Crippen molar-refractivity contribution < 1.29 is 22.7 Å². The molecule has 10 heteroatoms. The van der Waals surface area contributed by atoms with Gasteiger partial charge >= 0.3 is 6.09 Å². The molecule has 2 aromatic rings. The van der Waals surface area contributed by atoms with Gasteiger partial charge in [0.05, 0.1) is 30.8 Å². The van der Waals surface area contributed by atoms with Gasteiger partial charge in [-0.05, 0) is 54.8 Å². The van der Waals surface area contributed by atoms with Crippen LogP contribution in [-0.2, 0) is 19.5 Å². The summed E-state index contributed by atoms with van der Waals surface area (Å²) in [7, 11) is -3.61. The molecule has 2 heterocycles. The lowest BCUT2D eigenvalue weighted by atomic mass is 9.92. The Morgan fingerprint density at radius 2 is 1.85 bits per heavy atom. The number of nitrogens with zero attached hydrogens (tertiary/aromatic N) is 2. The molecule has 1 unspecified atom stereocenters. The molecule has 0 aliphatic carbocycles. The number of amides is 1. The number of hydrogen-bond acceptors (Lipinski definition) is 6. The summed E-state index contributed by atoms with van der Waals surface area (Å²) in [6.45, 7) is 3.87. The van der Waals surface area contributed by atoms with Crippen molar-refractivity contribution in [1.29, 1.82) is 0 Å². The van der Waals surface area contributed by atoms with Crippen molar-refractivity contribution in [2.75, 3.05) is 45.2 Å². The normalized spacial score (nSPS) is 19.5. The predicted octanol–water partition coefficient (Wildman–Crippen LogP) is 3.93. The van der Waals surface area contributed by atoms with E-state index in [4.69, 9.17) is 26.8 Å². The van der Waals surface area contributed by atoms with Gasteiger partial charge in [0.25, 0.3) is 0 Å². The first kappa shape index (κ1) is 24.5. The fourth-order valence-corrected chi connectivity index (χ4v) is 5.82. The largest absolute Gasteiger partial charge is 0.450 e. The van der Waals surface area contributed by atoms with E-state index in [9.17, 15) is 13.2 Å². The van der Waals surface area contributed by atoms with Crippen molar-refractivity contribution in [2.24, 2.45) is 0 Å². The number of halogens is 1. The third kappa shape index (κ3) is 5.07. The minimum absolute atomic E-state index is 0.208. The van der Waals surface area contributed by atoms with Crippen molar-refractivity contribution in [3.05, 3.63) is 64.7 Å². The summed E-state index contributed by atoms with van der Waals surface area (Å²) in [4.78, 5) is 14.5. The van der Waals surface area contributed by atoms with Crippen LogP contribution in [0.2, 0.25) is 5.02 Å². The third-order valence-electron chi connectivity index (χ3n) is 6.01. The highest BCUT2D eigenvalue weighted by molar-refractivity contribution is 7.89. The Kier molecular flexibility index (Phi) is 7.47. The second-order valence-corrected chi connectivity index (χ2v) is 10.5. The first-order valence-corrected chi connectivity index (χ1v) is 13.0. The van der Waals surface area contributed by atoms with E-state index in [0.717, 1.165) is 16.7 Å². The molecule has 4 rings (SSSR count). The molecule has 0 radical (unpaired) electrons. The summed E-state index contributed by atoms with van der Waals surface area (Å²) in [5.41, 5.74) is 9.37. The molecule has 8 nitrogen and oxygen atoms in total. The molecule has 2 aliphatic heterocycles. The van der Waals surface area contributed by atoms with Gasteiger partial charge in [-0.1, -0.05) is 29.8 Å². The van der Waals surface area contributed by atoms with Crippen LogP contribution < -0.4 is 5.73 Å². The zero-order chi connectivity index (χ0) is 24.3. The zero-order valence-corrected chi connectivity index (χ0v) is 20.5. The highest BCUT2D eigenvalue weighted by Crippen LogP contribution is 2.37. The first-order chi connectivity index (χ1) is 16.3. The van der Waals surface area contributed by atoms with Gasteiger partial charge in [-0.25, -0.2) is 13.2 Å². The monoisotopic (exact) mass is 505 g/mol. The summed E-state index contributed by atoms with van der Waals surface area (Å²) in [6.07, 6.45) is 2.13. The molecule has 0 saturated carbocycles. The molecule has 2 aromatic carbocycles. The maximum absolute atomic E-state index is 13.0. The molecular formula is C24H28ClN3O5S. The number of sulfonamides is 1. The zero-order valence-electron chi connectivity index (χ0n) is 18.9. The minimum Gasteiger partial charge on any atom is -0.450 e. The van der Waals surface area contributed by atoms with Crippen molar-refractivity contribution in [3.8, 4) is 0 Å². The highest BCUT2D eigenvalue weighted by Gasteiger charge is 2.31. The molecule has 2 N–H and O–H groups in total. The fraction of sp³-hybridized carbons (Fsp3) is 0.375. The van der Waals surface area contributed by atoms with Crippen LogP contribution in [0.4, 0.5) is 10.5 Å². The van der Waals surface area contributed by atoms with Crippen molar-refractivity contribution in [1.82, 2.24) is 9.21 Å². The molecule has 2 aliphatic rings. The molecule has 1 fully saturated rings. The van der Waals surface area contributed by atoms with Crippen molar-refractivity contribution in [2.45, 2.75) is 24.3 Å². The van der Waals surface area contributed by atoms with Gasteiger partial charge in [0.2, 0.25) is 10.0 Å². The van der Waals surface area contributed by atoms with E-state index in [0.29, 0.717) is 50.0 Å². The number of nitrogen functional groups attached to an aromatic ring is 1. The lowest BCUT2D eigenvalue weighted by Crippen LogP contribution is -2.40. The van der Waals surface area contributed by atoms with E-state index in [1.165, 1.54) is 4.31 Å². The summed E-state index contributed by atoms with van der Waals surface area (Å²) < 4.78 is 37.9. The van der Waals surface area contributed by atoms with Crippen LogP contribution in [0.3, 0.4) is 0 Å². The average molecular weight is 506 g/mol. The van der Waals surface area contributed by atoms with E-state index >= 15 is 0 Å². The number of nitrogens with two attached hydrogens (primary N) is 1. The molecule has 34 heavy (non-hydrogen) atoms. The van der Waals surface area contributed by atoms with Gasteiger partial charge < -0.3 is 15.2 Å². The predicted molar refractivity (Wildman–Crippen MR) is 131 cm³/mol. The third-order valence-corrected chi connectivity index (χ3v) is 8.16. The lowest BCUT2D eigenvalue weighted by Gasteiger charge is -2.34. The lowest BCUT2D eigenvalue weighted by molar-refractivity contribution is 0.0730. The Bertz CT molecular complexity index is 1180. The molecule has 0 bridgehead atoms. The van der Waals surface area contributed by atoms with Gasteiger partial charge in [0, 0.05) is 35.9 Å². The first-order valence-electron chi connectivity index (χ1n) is 11.2. The molecule has 0 spiro atoms. The maximum Gasteiger partial charge on any atom is 0.410 e. The Hall–Kier alpha value is -2.59. The van der Waals surface area contributed by atoms with Crippen LogP contribution >= 0.6 is 11.6 Å². The van der Waals surface area contributed by atoms with Crippen LogP contribution in [-0.4, -0.2) is 63.2 Å². The van der Waals surface area contributed by atoms with Gasteiger partial charge in [0.15, 0.2) is 0 Å². The van der Waals surface area contributed by atoms with Gasteiger partial charge in [-0.15, -0.1) is 0 Å². The Balaban J connectivity index is 1.68. The smallest absolute Gasteiger partial charge is 0.410 e. The van der Waals surface area contributed by atoms with Crippen LogP contribution in [0.25, 0.3) is 5.57 Å². The Labute approximate surface area is 204 Å². The molecule has 1 amide bonds. The molecular weight excluding hydrogens is 478 g/mol. The minimum atomic E-state index is -3.61. The Morgan fingerprint density at radius 3 is 2.53 bits per heavy atom. The number of rotatable bonds is 5. The second-order valence-electron chi connectivity index (χ2n) is 8.10. The number of benzene rings is 2. The SMILES string of the molecule is CCOC(=O)N1CCC(c2cc(Cl)ccc2N)=CC1c1ccc(S(=O)(=O)N2CCOCC2)cc1. The number of hydrogen-bond donors (Lipinski definition) is 1. The molecule has 0 aromatic heterocycles. The van der Waals surface area contributed by atoms with E-state index < -0.39 is 22.2 Å². The van der Waals surface area contributed by atoms with Gasteiger partial charge in [0.1, 0.15) is 0 Å². The van der Waals surface area contributed by atoms with Crippen LogP contribution in [0.15, 0.2) is 53.4 Å². The van der Waals surface area contributed by atoms with Crippen LogP contribution in [0.1, 0.15) is 30.5 Å². The molecule has 1 saturated heterocycles. The second kappa shape index (κ2) is 10.4. The van der Waals surface area contributed by atoms with E-state index in [1.54, 1.807) is 48.2 Å². The average Bonchev–Trinajstić information content (AvgIpc) is 2.86. The van der Waals surface area contributed by atoms with E-state index in [1.807, 2.05) is 12.1 Å². The topological polar surface area (TPSA) is 102 Å². The van der Waals surface area contributed by atoms with Gasteiger partial charge in [-0.2, -0.15) is 4.31 Å². The quantitative estimate of drug-likeness (QED) is 0.618. The van der Waals surface area contributed by atoms with Crippen molar-refractivity contribution in [3.63, 3.8) is 0 Å². The standard InChI is InChI=1S/C24H28ClN3O5S/c1-2-33-24(29)28-10-9-18(21-16-19(25)5-8-22(21)26)15-23(28)17-3-6-20(7-4-17)34(30,31)27-11-13-32-14-12-27/h3-8,15-16,23H,2,9-14,26H2,1H3. The maximum atomic E-state index is 13.0. The Morgan fingerprint density at radius 1 is 1.15 bits per heavy atom. The van der Waals surface area contributed by atoms with E-state index in [2.05, 4.69) is 0 Å². The summed E-state index contributed by atoms with van der Waals surface area (Å²) in [5.74, 6) is 0. The molecule has 182 valence electrons. The summed E-state index contributed by atoms with van der Waals surface area (Å²) in [6, 6.07) is 11.5. The van der Waals surface area contributed by atoms with E-state index in [-0.39, 0.29) is 11.5 Å². The van der Waals surface area contributed by atoms with Crippen LogP contribution in [0, 0.1) is 0 Å². The fourth-order valence-electron chi connectivity index (χ4n) is 4.24. The van der Waals surface area contributed by atoms with Gasteiger partial charge in [-0.3, -0.25) is 4.90 Å². The number of morpholine rings is 1. The highest BCUT2D eigenvalue weighted by atomic mass is 35.5. The number of anilines is 1. The summed E-state index contributed by atoms with van der Waals surface area (Å²) in [5, 5.41) is 0.576. The number of carbonyl (C=O) groups excluding carboxylic acids is 1. The van der Waals surface area contributed by atoms with Crippen LogP contribution in [0.5, 0.6) is 0 Å². The summed E-state index contributed by atoms with van der Waals surface area (Å²) >= 11 is 6.20. The number of carbonyl (C=O) groups is 1. The van der Waals surface area contributed by atoms with Crippen molar-refractivity contribution >= 4 is 39.0 Å². The molecule has 1 atom stereocenters. The number of ether oxygens (including phenoxy) is 2.